The molecule has 0 spiro atoms. The Kier molecular flexibility index (Phi) is 17.2. The third-order valence-corrected chi connectivity index (χ3v) is 5.81. The highest BCUT2D eigenvalue weighted by Crippen LogP contribution is 2.27. The molecule has 0 amide bonds. The second-order valence-corrected chi connectivity index (χ2v) is 8.89. The number of benzene rings is 3. The van der Waals surface area contributed by atoms with Crippen LogP contribution in [0.4, 0.5) is 0 Å². The molecule has 3 aromatic rings. The minimum Gasteiger partial charge on any atom is -0.478 e. The molecule has 0 radical (unpaired) electrons. The summed E-state index contributed by atoms with van der Waals surface area (Å²) >= 11 is 0. The van der Waals surface area contributed by atoms with Gasteiger partial charge in [-0.1, -0.05) is 82.3 Å². The highest BCUT2D eigenvalue weighted by molar-refractivity contribution is 5.88. The Morgan fingerprint density at radius 1 is 0.641 bits per heavy atom. The predicted octanol–water partition coefficient (Wildman–Crippen LogP) is 6.10. The Morgan fingerprint density at radius 3 is 1.08 bits per heavy atom. The summed E-state index contributed by atoms with van der Waals surface area (Å²) in [6, 6.07) is 24.9. The van der Waals surface area contributed by atoms with Crippen LogP contribution >= 0.6 is 0 Å². The number of aliphatic hydroxyl groups excluding tert-OH is 1. The van der Waals surface area contributed by atoms with Gasteiger partial charge in [0, 0.05) is 6.42 Å². The molecule has 0 aliphatic carbocycles. The third-order valence-electron chi connectivity index (χ3n) is 5.81. The van der Waals surface area contributed by atoms with Gasteiger partial charge in [0.15, 0.2) is 0 Å². The SMILES string of the molecule is CCC(O)CC(O)(CC)C(C)C.O=C(O)c1ccccc1.O=C(O)c1ccccc1.O=C(O)c1ccccc1. The maximum absolute atomic E-state index is 10.2. The number of rotatable bonds is 8. The molecule has 3 rings (SSSR count). The predicted molar refractivity (Wildman–Crippen MR) is 151 cm³/mol. The molecule has 0 aliphatic rings. The molecule has 212 valence electrons. The molecule has 0 fully saturated rings. The van der Waals surface area contributed by atoms with E-state index in [0.29, 0.717) is 29.5 Å². The monoisotopic (exact) mass is 540 g/mol. The maximum atomic E-state index is 10.2. The van der Waals surface area contributed by atoms with Crippen molar-refractivity contribution in [2.45, 2.75) is 58.7 Å². The summed E-state index contributed by atoms with van der Waals surface area (Å²) in [4.78, 5) is 30.6. The van der Waals surface area contributed by atoms with Gasteiger partial charge in [0.2, 0.25) is 0 Å². The van der Waals surface area contributed by atoms with Crippen molar-refractivity contribution in [3.8, 4) is 0 Å². The number of carboxylic acid groups (broad SMARTS) is 3. The van der Waals surface area contributed by atoms with Gasteiger partial charge in [0.25, 0.3) is 0 Å². The quantitative estimate of drug-likeness (QED) is 0.230. The summed E-state index contributed by atoms with van der Waals surface area (Å²) in [5.41, 5.74) is 0.308. The fourth-order valence-corrected chi connectivity index (χ4v) is 3.08. The van der Waals surface area contributed by atoms with E-state index >= 15 is 0 Å². The van der Waals surface area contributed by atoms with Gasteiger partial charge in [-0.25, -0.2) is 14.4 Å². The Bertz CT molecular complexity index is 968. The van der Waals surface area contributed by atoms with E-state index in [4.69, 9.17) is 15.3 Å². The van der Waals surface area contributed by atoms with Gasteiger partial charge in [-0.15, -0.1) is 0 Å². The molecule has 0 saturated heterocycles. The maximum Gasteiger partial charge on any atom is 0.335 e. The highest BCUT2D eigenvalue weighted by Gasteiger charge is 2.30. The average Bonchev–Trinajstić information content (AvgIpc) is 2.95. The lowest BCUT2D eigenvalue weighted by atomic mass is 9.82. The lowest BCUT2D eigenvalue weighted by Crippen LogP contribution is -2.37. The van der Waals surface area contributed by atoms with E-state index in [-0.39, 0.29) is 12.0 Å². The van der Waals surface area contributed by atoms with Gasteiger partial charge >= 0.3 is 17.9 Å². The van der Waals surface area contributed by atoms with Crippen molar-refractivity contribution in [3.05, 3.63) is 108 Å². The van der Waals surface area contributed by atoms with Crippen molar-refractivity contribution < 1.29 is 39.9 Å². The van der Waals surface area contributed by atoms with Crippen LogP contribution in [0.25, 0.3) is 0 Å². The Morgan fingerprint density at radius 2 is 0.923 bits per heavy atom. The molecular formula is C31H40O8. The molecule has 8 heteroatoms. The van der Waals surface area contributed by atoms with E-state index in [9.17, 15) is 24.6 Å². The minimum absolute atomic E-state index is 0.212. The summed E-state index contributed by atoms with van der Waals surface area (Å²) in [5, 5.41) is 44.6. The first-order valence-electron chi connectivity index (χ1n) is 12.6. The molecule has 5 N–H and O–H groups in total. The molecule has 0 saturated carbocycles. The van der Waals surface area contributed by atoms with E-state index < -0.39 is 23.5 Å². The third kappa shape index (κ3) is 15.1. The largest absolute Gasteiger partial charge is 0.478 e. The lowest BCUT2D eigenvalue weighted by molar-refractivity contribution is -0.0492. The van der Waals surface area contributed by atoms with Crippen molar-refractivity contribution in [2.75, 3.05) is 0 Å². The van der Waals surface area contributed by atoms with Crippen LogP contribution in [0.2, 0.25) is 0 Å². The zero-order chi connectivity index (χ0) is 29.8. The van der Waals surface area contributed by atoms with Gasteiger partial charge < -0.3 is 25.5 Å². The van der Waals surface area contributed by atoms with Crippen LogP contribution < -0.4 is 0 Å². The number of hydrogen-bond acceptors (Lipinski definition) is 5. The van der Waals surface area contributed by atoms with Crippen LogP contribution in [0.1, 0.15) is 78.0 Å². The van der Waals surface area contributed by atoms with E-state index in [0.717, 1.165) is 6.42 Å². The normalized spacial score (nSPS) is 12.1. The summed E-state index contributed by atoms with van der Waals surface area (Å²) < 4.78 is 0. The Hall–Kier alpha value is -4.01. The molecule has 0 bridgehead atoms. The average molecular weight is 541 g/mol. The smallest absolute Gasteiger partial charge is 0.335 e. The van der Waals surface area contributed by atoms with E-state index in [1.165, 1.54) is 0 Å². The minimum atomic E-state index is -0.879. The first kappa shape index (κ1) is 35.0. The van der Waals surface area contributed by atoms with Crippen molar-refractivity contribution in [2.24, 2.45) is 5.92 Å². The van der Waals surface area contributed by atoms with E-state index in [2.05, 4.69) is 0 Å². The second-order valence-electron chi connectivity index (χ2n) is 8.89. The molecule has 0 aliphatic heterocycles. The van der Waals surface area contributed by atoms with Crippen LogP contribution in [0.3, 0.4) is 0 Å². The summed E-state index contributed by atoms with van der Waals surface area (Å²) in [6.45, 7) is 7.88. The topological polar surface area (TPSA) is 152 Å². The van der Waals surface area contributed by atoms with Crippen molar-refractivity contribution in [1.82, 2.24) is 0 Å². The van der Waals surface area contributed by atoms with Gasteiger partial charge in [0.05, 0.1) is 28.4 Å². The molecule has 39 heavy (non-hydrogen) atoms. The second kappa shape index (κ2) is 19.1. The molecule has 2 atom stereocenters. The van der Waals surface area contributed by atoms with Crippen molar-refractivity contribution in [3.63, 3.8) is 0 Å². The first-order valence-corrected chi connectivity index (χ1v) is 12.6. The number of aliphatic hydroxyl groups is 2. The van der Waals surface area contributed by atoms with E-state index in [1.807, 2.05) is 27.7 Å². The number of carbonyl (C=O) groups is 3. The van der Waals surface area contributed by atoms with Crippen LogP contribution in [0.15, 0.2) is 91.0 Å². The molecule has 0 aromatic heterocycles. The fraction of sp³-hybridized carbons (Fsp3) is 0.323. The lowest BCUT2D eigenvalue weighted by Gasteiger charge is -2.32. The standard InChI is InChI=1S/C10H22O2.3C7H6O2/c1-5-9(11)7-10(12,6-2)8(3)4;3*8-7(9)6-4-2-1-3-5-6/h8-9,11-12H,5-7H2,1-4H3;3*1-5H,(H,8,9). The van der Waals surface area contributed by atoms with Crippen LogP contribution in [-0.4, -0.2) is 55.1 Å². The molecule has 8 nitrogen and oxygen atoms in total. The summed E-state index contributed by atoms with van der Waals surface area (Å²) in [7, 11) is 0. The van der Waals surface area contributed by atoms with Crippen molar-refractivity contribution in [1.29, 1.82) is 0 Å². The van der Waals surface area contributed by atoms with E-state index in [1.54, 1.807) is 91.0 Å². The number of carboxylic acids is 3. The zero-order valence-corrected chi connectivity index (χ0v) is 22.9. The zero-order valence-electron chi connectivity index (χ0n) is 22.9. The van der Waals surface area contributed by atoms with Crippen LogP contribution in [-0.2, 0) is 0 Å². The van der Waals surface area contributed by atoms with Crippen LogP contribution in [0, 0.1) is 5.92 Å². The fourth-order valence-electron chi connectivity index (χ4n) is 3.08. The van der Waals surface area contributed by atoms with Gasteiger partial charge in [-0.05, 0) is 55.2 Å². The Balaban J connectivity index is 0.000000497. The first-order chi connectivity index (χ1) is 18.4. The highest BCUT2D eigenvalue weighted by atomic mass is 16.4. The molecule has 0 heterocycles. The van der Waals surface area contributed by atoms with Crippen molar-refractivity contribution >= 4 is 17.9 Å². The molecular weight excluding hydrogens is 500 g/mol. The van der Waals surface area contributed by atoms with Crippen LogP contribution in [0.5, 0.6) is 0 Å². The number of aromatic carboxylic acids is 3. The molecule has 2 unspecified atom stereocenters. The summed E-state index contributed by atoms with van der Waals surface area (Å²) in [5.74, 6) is -2.43. The van der Waals surface area contributed by atoms with Gasteiger partial charge in [-0.3, -0.25) is 0 Å². The van der Waals surface area contributed by atoms with Gasteiger partial charge in [0.1, 0.15) is 0 Å². The number of hydrogen-bond donors (Lipinski definition) is 5. The summed E-state index contributed by atoms with van der Waals surface area (Å²) in [6.07, 6.45) is 1.56. The Labute approximate surface area is 230 Å². The molecule has 3 aromatic carbocycles. The van der Waals surface area contributed by atoms with Gasteiger partial charge in [-0.2, -0.15) is 0 Å².